The van der Waals surface area contributed by atoms with Crippen molar-refractivity contribution in [3.63, 3.8) is 0 Å². The molecular weight excluding hydrogens is 296 g/mol. The van der Waals surface area contributed by atoms with E-state index in [-0.39, 0.29) is 18.3 Å². The fourth-order valence-corrected chi connectivity index (χ4v) is 5.92. The molecule has 0 amide bonds. The van der Waals surface area contributed by atoms with Crippen LogP contribution in [0.2, 0.25) is 0 Å². The van der Waals surface area contributed by atoms with Crippen LogP contribution in [0.5, 0.6) is 0 Å². The van der Waals surface area contributed by atoms with Crippen molar-refractivity contribution >= 4 is 23.5 Å². The Hall–Kier alpha value is 0.540. The Morgan fingerprint density at radius 3 is 2.10 bits per heavy atom. The summed E-state index contributed by atoms with van der Waals surface area (Å²) in [5.74, 6) is 1.36. The summed E-state index contributed by atoms with van der Waals surface area (Å²) in [7, 11) is 0. The average Bonchev–Trinajstić information content (AvgIpc) is 2.90. The van der Waals surface area contributed by atoms with E-state index in [2.05, 4.69) is 0 Å². The van der Waals surface area contributed by atoms with Crippen LogP contribution in [-0.4, -0.2) is 52.6 Å². The Bertz CT molecular complexity index is 355. The minimum atomic E-state index is -0.538. The molecule has 3 fully saturated rings. The second-order valence-electron chi connectivity index (χ2n) is 6.40. The summed E-state index contributed by atoms with van der Waals surface area (Å²) >= 11 is 3.97. The van der Waals surface area contributed by atoms with Crippen LogP contribution in [0.15, 0.2) is 0 Å². The van der Waals surface area contributed by atoms with Gasteiger partial charge in [0, 0.05) is 0 Å². The molecule has 0 spiro atoms. The predicted molar refractivity (Wildman–Crippen MR) is 82.1 cm³/mol. The first-order valence-corrected chi connectivity index (χ1v) is 9.37. The smallest absolute Gasteiger partial charge is 0.163 e. The lowest BCUT2D eigenvalue weighted by atomic mass is 10.1. The molecular formula is C14H24O4S2. The number of ether oxygens (including phenoxy) is 4. The normalized spacial score (nSPS) is 41.1. The molecule has 0 N–H and O–H groups in total. The molecule has 0 bridgehead atoms. The highest BCUT2D eigenvalue weighted by Gasteiger charge is 2.52. The van der Waals surface area contributed by atoms with E-state index in [0.29, 0.717) is 11.2 Å². The quantitative estimate of drug-likeness (QED) is 0.779. The average molecular weight is 320 g/mol. The van der Waals surface area contributed by atoms with Gasteiger partial charge in [0.2, 0.25) is 0 Å². The van der Waals surface area contributed by atoms with Crippen LogP contribution >= 0.6 is 23.5 Å². The summed E-state index contributed by atoms with van der Waals surface area (Å²) in [6, 6.07) is 0. The third kappa shape index (κ3) is 3.31. The molecule has 6 heteroatoms. The number of hydrogen-bond acceptors (Lipinski definition) is 6. The van der Waals surface area contributed by atoms with Gasteiger partial charge in [0.1, 0.15) is 18.3 Å². The van der Waals surface area contributed by atoms with E-state index < -0.39 is 11.6 Å². The SMILES string of the molecule is CC1(C)OC[C@H]([C@@H]2OC(C)(C)O[C@H]2C2SCCCS2)O1. The molecule has 3 aliphatic rings. The van der Waals surface area contributed by atoms with Crippen molar-refractivity contribution in [3.8, 4) is 0 Å². The summed E-state index contributed by atoms with van der Waals surface area (Å²) in [6.45, 7) is 8.45. The second-order valence-corrected chi connectivity index (χ2v) is 9.19. The summed E-state index contributed by atoms with van der Waals surface area (Å²) in [4.78, 5) is 0. The minimum absolute atomic E-state index is 0.0418. The highest BCUT2D eigenvalue weighted by molar-refractivity contribution is 8.17. The molecule has 3 atom stereocenters. The number of hydrogen-bond donors (Lipinski definition) is 0. The molecule has 3 rings (SSSR count). The van der Waals surface area contributed by atoms with E-state index >= 15 is 0 Å². The molecule has 0 saturated carbocycles. The lowest BCUT2D eigenvalue weighted by molar-refractivity contribution is -0.174. The molecule has 116 valence electrons. The molecule has 0 unspecified atom stereocenters. The van der Waals surface area contributed by atoms with Gasteiger partial charge < -0.3 is 18.9 Å². The van der Waals surface area contributed by atoms with E-state index in [0.717, 1.165) is 0 Å². The molecule has 3 saturated heterocycles. The standard InChI is InChI=1S/C14H24O4S2/c1-13(2)15-8-9(16-13)10-11(18-14(3,4)17-10)12-19-6-5-7-20-12/h9-12H,5-8H2,1-4H3/t9-,10+,11-/m1/s1. The molecule has 0 aromatic rings. The largest absolute Gasteiger partial charge is 0.348 e. The maximum Gasteiger partial charge on any atom is 0.163 e. The van der Waals surface area contributed by atoms with Gasteiger partial charge in [0.15, 0.2) is 11.6 Å². The van der Waals surface area contributed by atoms with Gasteiger partial charge in [-0.15, -0.1) is 23.5 Å². The first-order valence-electron chi connectivity index (χ1n) is 7.27. The van der Waals surface area contributed by atoms with Gasteiger partial charge in [0.25, 0.3) is 0 Å². The summed E-state index contributed by atoms with van der Waals surface area (Å²) < 4.78 is 24.5. The topological polar surface area (TPSA) is 36.9 Å². The second kappa shape index (κ2) is 5.63. The van der Waals surface area contributed by atoms with Gasteiger partial charge in [-0.25, -0.2) is 0 Å². The molecule has 0 aromatic heterocycles. The Labute approximate surface area is 129 Å². The van der Waals surface area contributed by atoms with Crippen molar-refractivity contribution in [2.45, 2.75) is 68.6 Å². The van der Waals surface area contributed by atoms with Crippen LogP contribution in [0.1, 0.15) is 34.1 Å². The Kier molecular flexibility index (Phi) is 4.35. The van der Waals surface area contributed by atoms with Gasteiger partial charge >= 0.3 is 0 Å². The summed E-state index contributed by atoms with van der Waals surface area (Å²) in [6.07, 6.45) is 1.27. The van der Waals surface area contributed by atoms with Crippen molar-refractivity contribution in [1.82, 2.24) is 0 Å². The van der Waals surface area contributed by atoms with E-state index in [9.17, 15) is 0 Å². The third-order valence-corrected chi connectivity index (χ3v) is 6.74. The van der Waals surface area contributed by atoms with Crippen LogP contribution in [0, 0.1) is 0 Å². The zero-order valence-corrected chi connectivity index (χ0v) is 14.2. The summed E-state index contributed by atoms with van der Waals surface area (Å²) in [5.41, 5.74) is 0. The van der Waals surface area contributed by atoms with E-state index in [1.54, 1.807) is 0 Å². The van der Waals surface area contributed by atoms with Crippen LogP contribution < -0.4 is 0 Å². The maximum atomic E-state index is 6.18. The summed E-state index contributed by atoms with van der Waals surface area (Å²) in [5, 5.41) is 0. The molecule has 20 heavy (non-hydrogen) atoms. The number of rotatable bonds is 2. The van der Waals surface area contributed by atoms with Crippen LogP contribution in [-0.2, 0) is 18.9 Å². The van der Waals surface area contributed by atoms with Gasteiger partial charge in [-0.1, -0.05) is 0 Å². The highest BCUT2D eigenvalue weighted by Crippen LogP contribution is 2.44. The Balaban J connectivity index is 1.73. The Morgan fingerprint density at radius 2 is 1.50 bits per heavy atom. The molecule has 0 aromatic carbocycles. The highest BCUT2D eigenvalue weighted by atomic mass is 32.2. The molecule has 3 heterocycles. The van der Waals surface area contributed by atoms with Crippen LogP contribution in [0.25, 0.3) is 0 Å². The minimum Gasteiger partial charge on any atom is -0.348 e. The third-order valence-electron chi connectivity index (χ3n) is 3.68. The Morgan fingerprint density at radius 1 is 0.850 bits per heavy atom. The zero-order valence-electron chi connectivity index (χ0n) is 12.6. The first-order chi connectivity index (χ1) is 9.36. The van der Waals surface area contributed by atoms with Gasteiger partial charge in [-0.05, 0) is 45.6 Å². The van der Waals surface area contributed by atoms with E-state index in [1.807, 2.05) is 51.2 Å². The predicted octanol–water partition coefficient (Wildman–Crippen LogP) is 2.85. The first kappa shape index (κ1) is 15.4. The molecule has 0 aliphatic carbocycles. The zero-order chi connectivity index (χ0) is 14.4. The van der Waals surface area contributed by atoms with E-state index in [4.69, 9.17) is 18.9 Å². The fourth-order valence-electron chi connectivity index (χ4n) is 2.89. The van der Waals surface area contributed by atoms with Crippen molar-refractivity contribution in [1.29, 1.82) is 0 Å². The van der Waals surface area contributed by atoms with Crippen molar-refractivity contribution in [3.05, 3.63) is 0 Å². The molecule has 3 aliphatic heterocycles. The fraction of sp³-hybridized carbons (Fsp3) is 1.00. The van der Waals surface area contributed by atoms with E-state index in [1.165, 1.54) is 17.9 Å². The maximum absolute atomic E-state index is 6.18. The van der Waals surface area contributed by atoms with Crippen LogP contribution in [0.4, 0.5) is 0 Å². The lowest BCUT2D eigenvalue weighted by Crippen LogP contribution is -2.42. The van der Waals surface area contributed by atoms with Crippen molar-refractivity contribution in [2.24, 2.45) is 0 Å². The lowest BCUT2D eigenvalue weighted by Gasteiger charge is -2.30. The van der Waals surface area contributed by atoms with Crippen molar-refractivity contribution in [2.75, 3.05) is 18.1 Å². The van der Waals surface area contributed by atoms with Gasteiger partial charge in [-0.3, -0.25) is 0 Å². The molecule has 4 nitrogen and oxygen atoms in total. The van der Waals surface area contributed by atoms with Crippen LogP contribution in [0.3, 0.4) is 0 Å². The molecule has 0 radical (unpaired) electrons. The van der Waals surface area contributed by atoms with Crippen molar-refractivity contribution < 1.29 is 18.9 Å². The monoisotopic (exact) mass is 320 g/mol. The van der Waals surface area contributed by atoms with Gasteiger partial charge in [-0.2, -0.15) is 0 Å². The van der Waals surface area contributed by atoms with Gasteiger partial charge in [0.05, 0.1) is 11.2 Å². The number of thioether (sulfide) groups is 2.